The van der Waals surface area contributed by atoms with Crippen LogP contribution in [0.25, 0.3) is 10.2 Å². The van der Waals surface area contributed by atoms with Crippen molar-refractivity contribution in [2.75, 3.05) is 25.0 Å². The second-order valence-corrected chi connectivity index (χ2v) is 10.1. The van der Waals surface area contributed by atoms with Gasteiger partial charge in [0.05, 0.1) is 5.39 Å². The van der Waals surface area contributed by atoms with E-state index in [9.17, 15) is 0 Å². The first-order valence-corrected chi connectivity index (χ1v) is 12.0. The topological polar surface area (TPSA) is 32.3 Å². The van der Waals surface area contributed by atoms with E-state index in [1.807, 2.05) is 11.3 Å². The van der Waals surface area contributed by atoms with Gasteiger partial charge in [-0.15, -0.1) is 17.9 Å². The third kappa shape index (κ3) is 3.70. The first kappa shape index (κ1) is 19.1. The summed E-state index contributed by atoms with van der Waals surface area (Å²) < 4.78 is 0. The van der Waals surface area contributed by atoms with Crippen molar-refractivity contribution in [1.82, 2.24) is 14.9 Å². The standard InChI is InChI=1S/C24H32N4S/c1-4-18-8-7-13-28(18)16(2)14-21-25-23(27(3)15-17-11-12-17)22-19-9-5-6-10-20(19)29-24(22)26-21/h4,17-18H,1-2,5-15H2,3H3/t18-/m0/s1. The predicted octanol–water partition coefficient (Wildman–Crippen LogP) is 5.12. The lowest BCUT2D eigenvalue weighted by Gasteiger charge is -2.26. The lowest BCUT2D eigenvalue weighted by atomic mass is 9.97. The summed E-state index contributed by atoms with van der Waals surface area (Å²) in [5.41, 5.74) is 2.66. The minimum atomic E-state index is 0.414. The Labute approximate surface area is 178 Å². The van der Waals surface area contributed by atoms with Crippen molar-refractivity contribution in [3.05, 3.63) is 41.2 Å². The summed E-state index contributed by atoms with van der Waals surface area (Å²) in [6, 6.07) is 0.414. The van der Waals surface area contributed by atoms with E-state index in [0.29, 0.717) is 6.04 Å². The van der Waals surface area contributed by atoms with Gasteiger partial charge >= 0.3 is 0 Å². The van der Waals surface area contributed by atoms with E-state index in [1.165, 1.54) is 67.1 Å². The van der Waals surface area contributed by atoms with Crippen LogP contribution in [0.5, 0.6) is 0 Å². The van der Waals surface area contributed by atoms with Crippen molar-refractivity contribution in [2.45, 2.75) is 63.8 Å². The maximum atomic E-state index is 5.13. The molecule has 0 amide bonds. The van der Waals surface area contributed by atoms with Crippen molar-refractivity contribution in [3.8, 4) is 0 Å². The monoisotopic (exact) mass is 408 g/mol. The number of aromatic nitrogens is 2. The van der Waals surface area contributed by atoms with E-state index in [0.717, 1.165) is 42.8 Å². The van der Waals surface area contributed by atoms with E-state index in [2.05, 4.69) is 36.1 Å². The number of aryl methyl sites for hydroxylation is 2. The molecule has 3 heterocycles. The van der Waals surface area contributed by atoms with Crippen LogP contribution in [0.4, 0.5) is 5.82 Å². The molecule has 0 bridgehead atoms. The minimum Gasteiger partial charge on any atom is -0.368 e. The highest BCUT2D eigenvalue weighted by Crippen LogP contribution is 2.41. The Hall–Kier alpha value is -1.88. The summed E-state index contributed by atoms with van der Waals surface area (Å²) in [6.45, 7) is 10.6. The van der Waals surface area contributed by atoms with Crippen LogP contribution in [0, 0.1) is 5.92 Å². The summed E-state index contributed by atoms with van der Waals surface area (Å²) >= 11 is 1.91. The number of rotatable bonds is 7. The maximum Gasteiger partial charge on any atom is 0.141 e. The second-order valence-electron chi connectivity index (χ2n) is 9.06. The molecule has 1 saturated carbocycles. The quantitative estimate of drug-likeness (QED) is 0.595. The van der Waals surface area contributed by atoms with E-state index >= 15 is 0 Å². The molecule has 0 radical (unpaired) electrons. The Morgan fingerprint density at radius 1 is 1.21 bits per heavy atom. The molecular weight excluding hydrogens is 376 g/mol. The van der Waals surface area contributed by atoms with Crippen molar-refractivity contribution in [1.29, 1.82) is 0 Å². The molecule has 0 N–H and O–H groups in total. The van der Waals surface area contributed by atoms with Gasteiger partial charge in [0.25, 0.3) is 0 Å². The predicted molar refractivity (Wildman–Crippen MR) is 123 cm³/mol. The van der Waals surface area contributed by atoms with E-state index in [1.54, 1.807) is 4.88 Å². The van der Waals surface area contributed by atoms with Gasteiger partial charge in [-0.25, -0.2) is 9.97 Å². The minimum absolute atomic E-state index is 0.414. The Kier molecular flexibility index (Phi) is 5.10. The van der Waals surface area contributed by atoms with Gasteiger partial charge in [0.2, 0.25) is 0 Å². The van der Waals surface area contributed by atoms with Crippen molar-refractivity contribution in [3.63, 3.8) is 0 Å². The van der Waals surface area contributed by atoms with Crippen LogP contribution >= 0.6 is 11.3 Å². The molecule has 154 valence electrons. The number of hydrogen-bond donors (Lipinski definition) is 0. The number of fused-ring (bicyclic) bond motifs is 3. The summed E-state index contributed by atoms with van der Waals surface area (Å²) in [6.07, 6.45) is 12.9. The van der Waals surface area contributed by atoms with E-state index < -0.39 is 0 Å². The molecular formula is C24H32N4S. The van der Waals surface area contributed by atoms with E-state index in [4.69, 9.17) is 9.97 Å². The molecule has 0 unspecified atom stereocenters. The molecule has 0 spiro atoms. The van der Waals surface area contributed by atoms with Gasteiger partial charge < -0.3 is 9.80 Å². The van der Waals surface area contributed by atoms with Gasteiger partial charge in [-0.3, -0.25) is 0 Å². The SMILES string of the molecule is C=C[C@H]1CCCN1C(=C)Cc1nc(N(C)CC2CC2)c2c3c(sc2n1)CCCC3. The van der Waals surface area contributed by atoms with Gasteiger partial charge in [0, 0.05) is 43.2 Å². The largest absolute Gasteiger partial charge is 0.368 e. The third-order valence-electron chi connectivity index (χ3n) is 6.77. The van der Waals surface area contributed by atoms with Crippen LogP contribution in [-0.4, -0.2) is 41.0 Å². The van der Waals surface area contributed by atoms with Crippen LogP contribution in [-0.2, 0) is 19.3 Å². The molecule has 29 heavy (non-hydrogen) atoms. The average Bonchev–Trinajstić information content (AvgIpc) is 3.27. The van der Waals surface area contributed by atoms with Gasteiger partial charge in [-0.1, -0.05) is 12.7 Å². The van der Waals surface area contributed by atoms with Crippen LogP contribution in [0.3, 0.4) is 0 Å². The maximum absolute atomic E-state index is 5.13. The number of nitrogens with zero attached hydrogens (tertiary/aromatic N) is 4. The van der Waals surface area contributed by atoms with Crippen LogP contribution in [0.2, 0.25) is 0 Å². The summed E-state index contributed by atoms with van der Waals surface area (Å²) in [4.78, 5) is 17.7. The van der Waals surface area contributed by atoms with Gasteiger partial charge in [0.15, 0.2) is 0 Å². The molecule has 3 aliphatic rings. The molecule has 1 saturated heterocycles. The molecule has 5 heteroatoms. The Balaban J connectivity index is 1.50. The first-order valence-electron chi connectivity index (χ1n) is 11.2. The normalized spacial score (nSPS) is 21.4. The molecule has 2 fully saturated rings. The smallest absolute Gasteiger partial charge is 0.141 e. The van der Waals surface area contributed by atoms with Gasteiger partial charge in [0.1, 0.15) is 16.5 Å². The van der Waals surface area contributed by atoms with Crippen LogP contribution in [0.1, 0.15) is 54.8 Å². The lowest BCUT2D eigenvalue weighted by Crippen LogP contribution is -2.28. The van der Waals surface area contributed by atoms with Crippen LogP contribution < -0.4 is 4.90 Å². The number of anilines is 1. The highest BCUT2D eigenvalue weighted by molar-refractivity contribution is 7.19. The lowest BCUT2D eigenvalue weighted by molar-refractivity contribution is 0.359. The molecule has 0 aromatic carbocycles. The Morgan fingerprint density at radius 2 is 2.03 bits per heavy atom. The van der Waals surface area contributed by atoms with Crippen molar-refractivity contribution < 1.29 is 0 Å². The van der Waals surface area contributed by atoms with E-state index in [-0.39, 0.29) is 0 Å². The van der Waals surface area contributed by atoms with Crippen molar-refractivity contribution in [2.24, 2.45) is 5.92 Å². The number of likely N-dealkylation sites (tertiary alicyclic amines) is 1. The average molecular weight is 409 g/mol. The molecule has 1 atom stereocenters. The highest BCUT2D eigenvalue weighted by atomic mass is 32.1. The fourth-order valence-corrected chi connectivity index (χ4v) is 6.30. The Bertz CT molecular complexity index is 942. The molecule has 1 aliphatic heterocycles. The fourth-order valence-electron chi connectivity index (χ4n) is 5.02. The third-order valence-corrected chi connectivity index (χ3v) is 7.96. The molecule has 5 rings (SSSR count). The zero-order valence-corrected chi connectivity index (χ0v) is 18.4. The number of thiophene rings is 1. The zero-order chi connectivity index (χ0) is 20.0. The Morgan fingerprint density at radius 3 is 2.83 bits per heavy atom. The second kappa shape index (κ2) is 7.75. The van der Waals surface area contributed by atoms with Gasteiger partial charge in [-0.2, -0.15) is 0 Å². The molecule has 2 aromatic heterocycles. The highest BCUT2D eigenvalue weighted by Gasteiger charge is 2.28. The zero-order valence-electron chi connectivity index (χ0n) is 17.6. The first-order chi connectivity index (χ1) is 14.1. The van der Waals surface area contributed by atoms with Gasteiger partial charge in [-0.05, 0) is 62.8 Å². The molecule has 2 aromatic rings. The number of allylic oxidation sites excluding steroid dienone is 1. The molecule has 2 aliphatic carbocycles. The fraction of sp³-hybridized carbons (Fsp3) is 0.583. The van der Waals surface area contributed by atoms with Crippen LogP contribution in [0.15, 0.2) is 24.9 Å². The summed E-state index contributed by atoms with van der Waals surface area (Å²) in [5.74, 6) is 2.93. The van der Waals surface area contributed by atoms with Crippen molar-refractivity contribution >= 4 is 27.4 Å². The summed E-state index contributed by atoms with van der Waals surface area (Å²) in [5, 5.41) is 1.34. The molecule has 4 nitrogen and oxygen atoms in total. The number of hydrogen-bond acceptors (Lipinski definition) is 5. The summed E-state index contributed by atoms with van der Waals surface area (Å²) in [7, 11) is 2.22.